The standard InChI is InChI=1S/C22H21F3N4O3S/c1-12-27-19-16(10-17(29-22(19)32-2)13-6-8-33(30,31)9-7-13)21(28-12)26-11-14-4-3-5-15(18(14)23)20(24)25/h3-6,10,20H,7-9,11H2,1-2H3,(H,26,27,28). The Morgan fingerprint density at radius 1 is 1.21 bits per heavy atom. The Kier molecular flexibility index (Phi) is 6.24. The second-order valence-corrected chi connectivity index (χ2v) is 9.83. The molecule has 0 fully saturated rings. The Labute approximate surface area is 188 Å². The highest BCUT2D eigenvalue weighted by Crippen LogP contribution is 2.32. The Balaban J connectivity index is 1.76. The van der Waals surface area contributed by atoms with E-state index in [0.29, 0.717) is 34.7 Å². The first-order valence-corrected chi connectivity index (χ1v) is 11.9. The fraction of sp³-hybridized carbons (Fsp3) is 0.318. The third-order valence-corrected chi connectivity index (χ3v) is 6.84. The fourth-order valence-electron chi connectivity index (χ4n) is 3.65. The lowest BCUT2D eigenvalue weighted by atomic mass is 10.1. The van der Waals surface area contributed by atoms with E-state index < -0.39 is 27.6 Å². The van der Waals surface area contributed by atoms with Crippen molar-refractivity contribution in [3.8, 4) is 5.88 Å². The van der Waals surface area contributed by atoms with Gasteiger partial charge in [0.05, 0.1) is 35.3 Å². The highest BCUT2D eigenvalue weighted by Gasteiger charge is 2.22. The minimum absolute atomic E-state index is 0.0239. The molecule has 0 aliphatic carbocycles. The molecule has 1 N–H and O–H groups in total. The number of pyridine rings is 1. The number of hydrogen-bond donors (Lipinski definition) is 1. The molecule has 0 radical (unpaired) electrons. The number of alkyl halides is 2. The number of aryl methyl sites for hydroxylation is 1. The number of nitrogens with zero attached hydrogens (tertiary/aromatic N) is 3. The van der Waals surface area contributed by atoms with Crippen molar-refractivity contribution in [2.75, 3.05) is 23.9 Å². The first kappa shape index (κ1) is 23.0. The molecule has 3 heterocycles. The van der Waals surface area contributed by atoms with Crippen molar-refractivity contribution in [1.29, 1.82) is 0 Å². The molecule has 0 atom stereocenters. The maximum Gasteiger partial charge on any atom is 0.266 e. The molecule has 0 spiro atoms. The van der Waals surface area contributed by atoms with E-state index in [2.05, 4.69) is 20.3 Å². The van der Waals surface area contributed by atoms with Crippen molar-refractivity contribution in [3.05, 3.63) is 58.8 Å². The number of fused-ring (bicyclic) bond motifs is 1. The average Bonchev–Trinajstić information content (AvgIpc) is 2.77. The molecule has 7 nitrogen and oxygen atoms in total. The zero-order chi connectivity index (χ0) is 23.8. The summed E-state index contributed by atoms with van der Waals surface area (Å²) in [5.74, 6) is -0.0248. The topological polar surface area (TPSA) is 94.1 Å². The van der Waals surface area contributed by atoms with E-state index in [4.69, 9.17) is 4.74 Å². The number of ether oxygens (including phenoxy) is 1. The Morgan fingerprint density at radius 2 is 2.00 bits per heavy atom. The van der Waals surface area contributed by atoms with Gasteiger partial charge in [-0.15, -0.1) is 0 Å². The van der Waals surface area contributed by atoms with E-state index in [1.54, 1.807) is 19.1 Å². The summed E-state index contributed by atoms with van der Waals surface area (Å²) >= 11 is 0. The van der Waals surface area contributed by atoms with Crippen LogP contribution in [0.3, 0.4) is 0 Å². The molecular formula is C22H21F3N4O3S. The summed E-state index contributed by atoms with van der Waals surface area (Å²) in [5, 5.41) is 3.54. The van der Waals surface area contributed by atoms with E-state index in [1.807, 2.05) is 0 Å². The molecule has 0 bridgehead atoms. The van der Waals surface area contributed by atoms with Crippen LogP contribution in [0.2, 0.25) is 0 Å². The minimum Gasteiger partial charge on any atom is -0.479 e. The number of halogens is 3. The molecule has 3 aromatic rings. The fourth-order valence-corrected chi connectivity index (χ4v) is 4.80. The average molecular weight is 478 g/mol. The van der Waals surface area contributed by atoms with Crippen molar-refractivity contribution in [2.45, 2.75) is 26.3 Å². The van der Waals surface area contributed by atoms with Gasteiger partial charge in [-0.25, -0.2) is 36.5 Å². The lowest BCUT2D eigenvalue weighted by Gasteiger charge is -2.16. The third-order valence-electron chi connectivity index (χ3n) is 5.34. The van der Waals surface area contributed by atoms with Crippen LogP contribution in [-0.4, -0.2) is 42.0 Å². The molecule has 11 heteroatoms. The van der Waals surface area contributed by atoms with Gasteiger partial charge in [0.25, 0.3) is 6.43 Å². The van der Waals surface area contributed by atoms with Gasteiger partial charge < -0.3 is 10.1 Å². The number of aromatic nitrogens is 3. The summed E-state index contributed by atoms with van der Waals surface area (Å²) in [6, 6.07) is 5.56. The van der Waals surface area contributed by atoms with Crippen LogP contribution >= 0.6 is 0 Å². The van der Waals surface area contributed by atoms with Crippen molar-refractivity contribution in [1.82, 2.24) is 15.0 Å². The van der Waals surface area contributed by atoms with Gasteiger partial charge >= 0.3 is 0 Å². The van der Waals surface area contributed by atoms with Gasteiger partial charge in [0.15, 0.2) is 9.84 Å². The van der Waals surface area contributed by atoms with Crippen LogP contribution in [0.1, 0.15) is 35.5 Å². The zero-order valence-electron chi connectivity index (χ0n) is 17.9. The Bertz CT molecular complexity index is 1360. The number of nitrogens with one attached hydrogen (secondary N) is 1. The molecule has 0 saturated heterocycles. The summed E-state index contributed by atoms with van der Waals surface area (Å²) in [6.07, 6.45) is -0.984. The second kappa shape index (κ2) is 8.97. The van der Waals surface area contributed by atoms with Gasteiger partial charge in [0.1, 0.15) is 23.0 Å². The number of hydrogen-bond acceptors (Lipinski definition) is 7. The SMILES string of the molecule is COc1nc(C2=CCS(=O)(=O)CC2)cc2c(NCc3cccc(C(F)F)c3F)nc(C)nc12. The third kappa shape index (κ3) is 4.77. The van der Waals surface area contributed by atoms with Crippen molar-refractivity contribution < 1.29 is 26.3 Å². The van der Waals surface area contributed by atoms with E-state index >= 15 is 0 Å². The quantitative estimate of drug-likeness (QED) is 0.567. The number of methoxy groups -OCH3 is 1. The molecule has 1 aliphatic rings. The smallest absolute Gasteiger partial charge is 0.266 e. The van der Waals surface area contributed by atoms with Gasteiger partial charge in [-0.3, -0.25) is 0 Å². The molecule has 1 aromatic carbocycles. The van der Waals surface area contributed by atoms with E-state index in [1.165, 1.54) is 19.2 Å². The summed E-state index contributed by atoms with van der Waals surface area (Å²) < 4.78 is 69.5. The molecule has 2 aromatic heterocycles. The molecule has 0 amide bonds. The minimum atomic E-state index is -3.11. The Morgan fingerprint density at radius 3 is 2.67 bits per heavy atom. The van der Waals surface area contributed by atoms with Gasteiger partial charge in [-0.1, -0.05) is 24.3 Å². The van der Waals surface area contributed by atoms with Crippen LogP contribution < -0.4 is 10.1 Å². The molecule has 33 heavy (non-hydrogen) atoms. The van der Waals surface area contributed by atoms with Crippen LogP contribution in [0.25, 0.3) is 16.5 Å². The van der Waals surface area contributed by atoms with Crippen LogP contribution in [-0.2, 0) is 16.4 Å². The molecule has 1 aliphatic heterocycles. The predicted molar refractivity (Wildman–Crippen MR) is 119 cm³/mol. The highest BCUT2D eigenvalue weighted by atomic mass is 32.2. The summed E-state index contributed by atoms with van der Waals surface area (Å²) in [5.41, 5.74) is 1.11. The van der Waals surface area contributed by atoms with Crippen LogP contribution in [0.15, 0.2) is 30.3 Å². The zero-order valence-corrected chi connectivity index (χ0v) is 18.7. The van der Waals surface area contributed by atoms with E-state index in [9.17, 15) is 21.6 Å². The van der Waals surface area contributed by atoms with E-state index in [0.717, 1.165) is 11.6 Å². The normalized spacial score (nSPS) is 15.5. The van der Waals surface area contributed by atoms with Crippen LogP contribution in [0.5, 0.6) is 5.88 Å². The highest BCUT2D eigenvalue weighted by molar-refractivity contribution is 7.91. The predicted octanol–water partition coefficient (Wildman–Crippen LogP) is 4.23. The summed E-state index contributed by atoms with van der Waals surface area (Å²) in [4.78, 5) is 13.3. The number of benzene rings is 1. The van der Waals surface area contributed by atoms with Crippen LogP contribution in [0, 0.1) is 12.7 Å². The van der Waals surface area contributed by atoms with Gasteiger partial charge in [0.2, 0.25) is 5.88 Å². The van der Waals surface area contributed by atoms with Crippen molar-refractivity contribution in [3.63, 3.8) is 0 Å². The summed E-state index contributed by atoms with van der Waals surface area (Å²) in [7, 11) is -1.66. The van der Waals surface area contributed by atoms with Gasteiger partial charge in [0, 0.05) is 12.1 Å². The van der Waals surface area contributed by atoms with Gasteiger partial charge in [-0.05, 0) is 25.0 Å². The molecule has 174 valence electrons. The molecule has 0 saturated carbocycles. The number of anilines is 1. The maximum atomic E-state index is 14.5. The summed E-state index contributed by atoms with van der Waals surface area (Å²) in [6.45, 7) is 1.59. The molecule has 4 rings (SSSR count). The monoisotopic (exact) mass is 478 g/mol. The molecule has 0 unspecified atom stereocenters. The lowest BCUT2D eigenvalue weighted by Crippen LogP contribution is -2.15. The van der Waals surface area contributed by atoms with Gasteiger partial charge in [-0.2, -0.15) is 0 Å². The number of allylic oxidation sites excluding steroid dienone is 1. The number of rotatable bonds is 6. The number of sulfone groups is 1. The largest absolute Gasteiger partial charge is 0.479 e. The first-order chi connectivity index (χ1) is 15.7. The first-order valence-electron chi connectivity index (χ1n) is 10.1. The second-order valence-electron chi connectivity index (χ2n) is 7.60. The van der Waals surface area contributed by atoms with Crippen molar-refractivity contribution >= 4 is 32.1 Å². The van der Waals surface area contributed by atoms with Crippen LogP contribution in [0.4, 0.5) is 19.0 Å². The Hall–Kier alpha value is -3.21. The van der Waals surface area contributed by atoms with Crippen molar-refractivity contribution in [2.24, 2.45) is 0 Å². The van der Waals surface area contributed by atoms with E-state index in [-0.39, 0.29) is 29.5 Å². The molecular weight excluding hydrogens is 457 g/mol. The lowest BCUT2D eigenvalue weighted by molar-refractivity contribution is 0.146. The maximum absolute atomic E-state index is 14.5.